The van der Waals surface area contributed by atoms with E-state index in [0.717, 1.165) is 58.2 Å². The maximum Gasteiger partial charge on any atom is 0.258 e. The summed E-state index contributed by atoms with van der Waals surface area (Å²) in [4.78, 5) is 18.6. The monoisotopic (exact) mass is 440 g/mol. The summed E-state index contributed by atoms with van der Waals surface area (Å²) in [5.41, 5.74) is 9.01. The molecule has 3 aromatic heterocycles. The maximum absolute atomic E-state index is 13.5. The molecule has 0 fully saturated rings. The molecule has 6 heteroatoms. The number of hydrogen-bond donors (Lipinski definition) is 1. The molecule has 0 saturated heterocycles. The summed E-state index contributed by atoms with van der Waals surface area (Å²) in [7, 11) is 0. The fraction of sp³-hybridized carbons (Fsp3) is 0.259. The minimum atomic E-state index is -0.812. The third-order valence-corrected chi connectivity index (χ3v) is 6.90. The fourth-order valence-corrected chi connectivity index (χ4v) is 5.35. The van der Waals surface area contributed by atoms with Crippen molar-refractivity contribution in [2.75, 3.05) is 0 Å². The van der Waals surface area contributed by atoms with E-state index in [-0.39, 0.29) is 12.2 Å². The lowest BCUT2D eigenvalue weighted by Gasteiger charge is -2.15. The van der Waals surface area contributed by atoms with Crippen molar-refractivity contribution in [3.8, 4) is 22.5 Å². The number of benzene rings is 1. The molecular weight excluding hydrogens is 416 g/mol. The number of rotatable bonds is 5. The summed E-state index contributed by atoms with van der Waals surface area (Å²) in [5.74, 6) is 0. The number of aromatic nitrogens is 2. The third-order valence-electron chi connectivity index (χ3n) is 6.90. The Hall–Kier alpha value is -3.64. The first-order chi connectivity index (χ1) is 16.1. The van der Waals surface area contributed by atoms with Crippen molar-refractivity contribution in [3.63, 3.8) is 0 Å². The second-order valence-corrected chi connectivity index (χ2v) is 8.83. The molecule has 166 valence electrons. The Morgan fingerprint density at radius 1 is 1.30 bits per heavy atom. The van der Waals surface area contributed by atoms with Crippen LogP contribution in [0.4, 0.5) is 0 Å². The molecule has 33 heavy (non-hydrogen) atoms. The average Bonchev–Trinajstić information content (AvgIpc) is 3.55. The van der Waals surface area contributed by atoms with Gasteiger partial charge in [-0.3, -0.25) is 4.79 Å². The molecule has 1 unspecified atom stereocenters. The van der Waals surface area contributed by atoms with Crippen LogP contribution < -0.4 is 5.56 Å². The van der Waals surface area contributed by atoms with Gasteiger partial charge in [0.1, 0.15) is 6.61 Å². The topological polar surface area (TPSA) is 77.5 Å². The number of aliphatic hydroxyl groups is 1. The number of aliphatic hydroxyl groups excluding tert-OH is 1. The van der Waals surface area contributed by atoms with Crippen LogP contribution in [0.5, 0.6) is 0 Å². The first kappa shape index (κ1) is 20.0. The molecule has 4 heterocycles. The Kier molecular flexibility index (Phi) is 4.52. The first-order valence-electron chi connectivity index (χ1n) is 11.2. The van der Waals surface area contributed by atoms with E-state index in [9.17, 15) is 9.90 Å². The zero-order chi connectivity index (χ0) is 22.7. The highest BCUT2D eigenvalue weighted by atomic mass is 16.5. The predicted molar refractivity (Wildman–Crippen MR) is 126 cm³/mol. The van der Waals surface area contributed by atoms with Gasteiger partial charge in [0.25, 0.3) is 5.56 Å². The van der Waals surface area contributed by atoms with E-state index in [0.29, 0.717) is 17.7 Å². The van der Waals surface area contributed by atoms with Crippen LogP contribution in [0.2, 0.25) is 0 Å². The lowest BCUT2D eigenvalue weighted by molar-refractivity contribution is 0.189. The van der Waals surface area contributed by atoms with E-state index in [1.807, 2.05) is 12.1 Å². The molecular formula is C27H24N2O4. The van der Waals surface area contributed by atoms with Gasteiger partial charge in [0, 0.05) is 22.1 Å². The van der Waals surface area contributed by atoms with Crippen LogP contribution in [0.1, 0.15) is 47.3 Å². The predicted octanol–water partition coefficient (Wildman–Crippen LogP) is 4.89. The van der Waals surface area contributed by atoms with E-state index >= 15 is 0 Å². The average molecular weight is 440 g/mol. The molecule has 6 rings (SSSR count). The first-order valence-corrected chi connectivity index (χ1v) is 11.2. The summed E-state index contributed by atoms with van der Waals surface area (Å²) in [5, 5.41) is 11.5. The number of hydrogen-bond acceptors (Lipinski definition) is 5. The Labute approximate surface area is 190 Å². The van der Waals surface area contributed by atoms with Gasteiger partial charge < -0.3 is 18.8 Å². The smallest absolute Gasteiger partial charge is 0.258 e. The number of nitrogens with zero attached hydrogens (tertiary/aromatic N) is 2. The van der Waals surface area contributed by atoms with Gasteiger partial charge in [-0.2, -0.15) is 0 Å². The van der Waals surface area contributed by atoms with Gasteiger partial charge in [-0.1, -0.05) is 6.58 Å². The quantitative estimate of drug-likeness (QED) is 0.394. The number of furan rings is 1. The number of fused-ring (bicyclic) bond motifs is 5. The van der Waals surface area contributed by atoms with Crippen molar-refractivity contribution in [1.82, 2.24) is 9.55 Å². The van der Waals surface area contributed by atoms with Gasteiger partial charge in [-0.15, -0.1) is 0 Å². The summed E-state index contributed by atoms with van der Waals surface area (Å²) in [6.07, 6.45) is 7.23. The summed E-state index contributed by atoms with van der Waals surface area (Å²) in [6, 6.07) is 8.30. The van der Waals surface area contributed by atoms with Gasteiger partial charge in [0.05, 0.1) is 53.9 Å². The normalized spacial score (nSPS) is 14.7. The van der Waals surface area contributed by atoms with Gasteiger partial charge in [-0.25, -0.2) is 4.98 Å². The van der Waals surface area contributed by atoms with Crippen molar-refractivity contribution >= 4 is 10.9 Å². The third kappa shape index (κ3) is 2.98. The van der Waals surface area contributed by atoms with E-state index in [1.54, 1.807) is 24.0 Å². The molecule has 2 aliphatic rings. The molecule has 1 atom stereocenters. The molecule has 0 radical (unpaired) electrons. The number of aryl methyl sites for hydroxylation is 2. The zero-order valence-corrected chi connectivity index (χ0v) is 18.4. The lowest BCUT2D eigenvalue weighted by atomic mass is 9.94. The second kappa shape index (κ2) is 7.46. The highest BCUT2D eigenvalue weighted by molar-refractivity contribution is 6.00. The number of ether oxygens (including phenoxy) is 1. The molecule has 1 N–H and O–H groups in total. The molecule has 1 aliphatic heterocycles. The van der Waals surface area contributed by atoms with Crippen LogP contribution in [0, 0.1) is 0 Å². The van der Waals surface area contributed by atoms with E-state index in [4.69, 9.17) is 14.1 Å². The summed E-state index contributed by atoms with van der Waals surface area (Å²) < 4.78 is 12.5. The van der Waals surface area contributed by atoms with E-state index in [2.05, 4.69) is 18.7 Å². The van der Waals surface area contributed by atoms with Crippen LogP contribution in [0.3, 0.4) is 0 Å². The largest absolute Gasteiger partial charge is 0.497 e. The molecule has 4 aromatic rings. The minimum Gasteiger partial charge on any atom is -0.497 e. The highest BCUT2D eigenvalue weighted by Crippen LogP contribution is 2.43. The number of pyridine rings is 2. The Morgan fingerprint density at radius 2 is 2.12 bits per heavy atom. The van der Waals surface area contributed by atoms with Crippen molar-refractivity contribution in [2.45, 2.75) is 45.4 Å². The van der Waals surface area contributed by atoms with Gasteiger partial charge >= 0.3 is 0 Å². The molecule has 0 saturated carbocycles. The van der Waals surface area contributed by atoms with Crippen molar-refractivity contribution in [1.29, 1.82) is 0 Å². The minimum absolute atomic E-state index is 0.0654. The van der Waals surface area contributed by atoms with E-state index < -0.39 is 6.10 Å². The maximum atomic E-state index is 13.5. The van der Waals surface area contributed by atoms with Gasteiger partial charge in [0.2, 0.25) is 0 Å². The highest BCUT2D eigenvalue weighted by Gasteiger charge is 2.30. The van der Waals surface area contributed by atoms with Crippen molar-refractivity contribution in [2.24, 2.45) is 0 Å². The Balaban J connectivity index is 1.66. The molecule has 0 bridgehead atoms. The van der Waals surface area contributed by atoms with Crippen LogP contribution in [-0.2, 0) is 30.7 Å². The van der Waals surface area contributed by atoms with Crippen LogP contribution in [-0.4, -0.2) is 14.7 Å². The molecule has 1 aromatic carbocycles. The fourth-order valence-electron chi connectivity index (χ4n) is 5.35. The molecule has 1 aliphatic carbocycles. The standard InChI is InChI=1S/C27H24N2O4/c1-3-32-14-22-19(15(2)30)11-24-26-21(12-29(24)27(22)31)25(18-7-8-33-13-18)20-9-16-5-4-6-17(16)10-23(20)28-26/h3,7-11,13,15,30H,1,4-6,12,14H2,2H3. The van der Waals surface area contributed by atoms with Gasteiger partial charge in [0.15, 0.2) is 0 Å². The van der Waals surface area contributed by atoms with E-state index in [1.165, 1.54) is 17.4 Å². The van der Waals surface area contributed by atoms with Crippen molar-refractivity contribution < 1.29 is 14.3 Å². The SMILES string of the molecule is C=COCc1c(C(C)O)cc2n(c1=O)Cc1c-2nc2cc3c(cc2c1-c1ccoc1)CCC3. The lowest BCUT2D eigenvalue weighted by Crippen LogP contribution is -2.26. The second-order valence-electron chi connectivity index (χ2n) is 8.83. The summed E-state index contributed by atoms with van der Waals surface area (Å²) in [6.45, 7) is 5.70. The van der Waals surface area contributed by atoms with Crippen LogP contribution in [0.15, 0.2) is 58.8 Å². The van der Waals surface area contributed by atoms with Crippen LogP contribution >= 0.6 is 0 Å². The molecule has 0 spiro atoms. The Morgan fingerprint density at radius 3 is 2.85 bits per heavy atom. The molecule has 6 nitrogen and oxygen atoms in total. The van der Waals surface area contributed by atoms with Crippen LogP contribution in [0.25, 0.3) is 33.4 Å². The zero-order valence-electron chi connectivity index (χ0n) is 18.4. The molecule has 0 amide bonds. The van der Waals surface area contributed by atoms with Crippen molar-refractivity contribution in [3.05, 3.63) is 87.8 Å². The van der Waals surface area contributed by atoms with Gasteiger partial charge in [-0.05, 0) is 67.1 Å². The Bertz CT molecular complexity index is 1480. The summed E-state index contributed by atoms with van der Waals surface area (Å²) >= 11 is 0.